The molecule has 0 aliphatic rings. The molecule has 0 saturated carbocycles. The van der Waals surface area contributed by atoms with Crippen molar-refractivity contribution in [3.8, 4) is 0 Å². The molecular formula is C16H18ClNS. The zero-order chi connectivity index (χ0) is 13.9. The molecule has 0 saturated heterocycles. The maximum atomic E-state index is 5.99. The average Bonchev–Trinajstić information content (AvgIpc) is 2.30. The highest BCUT2D eigenvalue weighted by molar-refractivity contribution is 7.99. The van der Waals surface area contributed by atoms with E-state index in [0.29, 0.717) is 0 Å². The van der Waals surface area contributed by atoms with Gasteiger partial charge in [-0.1, -0.05) is 29.4 Å². The Morgan fingerprint density at radius 2 is 1.63 bits per heavy atom. The monoisotopic (exact) mass is 291 g/mol. The van der Waals surface area contributed by atoms with Crippen LogP contribution in [0.15, 0.2) is 58.3 Å². The zero-order valence-corrected chi connectivity index (χ0v) is 13.0. The van der Waals surface area contributed by atoms with E-state index < -0.39 is 0 Å². The van der Waals surface area contributed by atoms with Crippen LogP contribution in [-0.2, 0) is 0 Å². The van der Waals surface area contributed by atoms with E-state index >= 15 is 0 Å². The third-order valence-electron chi connectivity index (χ3n) is 2.41. The van der Waals surface area contributed by atoms with Gasteiger partial charge in [0, 0.05) is 26.0 Å². The molecule has 2 aromatic rings. The van der Waals surface area contributed by atoms with Crippen molar-refractivity contribution in [3.63, 3.8) is 0 Å². The lowest BCUT2D eigenvalue weighted by molar-refractivity contribution is 0.634. The van der Waals surface area contributed by atoms with Gasteiger partial charge in [0.05, 0.1) is 0 Å². The molecule has 0 aliphatic carbocycles. The summed E-state index contributed by atoms with van der Waals surface area (Å²) in [5.74, 6) is 0. The van der Waals surface area contributed by atoms with Gasteiger partial charge in [-0.2, -0.15) is 0 Å². The van der Waals surface area contributed by atoms with Gasteiger partial charge in [0.25, 0.3) is 0 Å². The Hall–Kier alpha value is -1.12. The first-order valence-electron chi connectivity index (χ1n) is 6.24. The van der Waals surface area contributed by atoms with Gasteiger partial charge in [-0.25, -0.2) is 0 Å². The van der Waals surface area contributed by atoms with Crippen LogP contribution in [0.1, 0.15) is 20.8 Å². The van der Waals surface area contributed by atoms with Crippen LogP contribution in [0.2, 0.25) is 5.02 Å². The van der Waals surface area contributed by atoms with E-state index in [1.807, 2.05) is 18.2 Å². The van der Waals surface area contributed by atoms with Crippen molar-refractivity contribution < 1.29 is 0 Å². The van der Waals surface area contributed by atoms with E-state index in [0.717, 1.165) is 15.6 Å². The minimum absolute atomic E-state index is 0.0849. The van der Waals surface area contributed by atoms with Gasteiger partial charge in [-0.05, 0) is 63.2 Å². The van der Waals surface area contributed by atoms with E-state index in [2.05, 4.69) is 56.4 Å². The molecule has 0 aromatic heterocycles. The molecule has 0 heterocycles. The summed E-state index contributed by atoms with van der Waals surface area (Å²) in [7, 11) is 0. The van der Waals surface area contributed by atoms with Gasteiger partial charge < -0.3 is 5.32 Å². The van der Waals surface area contributed by atoms with Gasteiger partial charge in [0.15, 0.2) is 0 Å². The minimum atomic E-state index is 0.0849. The lowest BCUT2D eigenvalue weighted by atomic mass is 10.1. The molecule has 0 bridgehead atoms. The smallest absolute Gasteiger partial charge is 0.0417 e. The normalized spacial score (nSPS) is 11.4. The number of rotatable bonds is 3. The Morgan fingerprint density at radius 1 is 0.947 bits per heavy atom. The van der Waals surface area contributed by atoms with Crippen LogP contribution in [0.4, 0.5) is 5.69 Å². The number of nitrogens with one attached hydrogen (secondary N) is 1. The zero-order valence-electron chi connectivity index (χ0n) is 11.4. The Kier molecular flexibility index (Phi) is 4.43. The fourth-order valence-electron chi connectivity index (χ4n) is 1.71. The third kappa shape index (κ3) is 4.81. The summed E-state index contributed by atoms with van der Waals surface area (Å²) >= 11 is 7.70. The van der Waals surface area contributed by atoms with Crippen molar-refractivity contribution in [2.75, 3.05) is 5.32 Å². The van der Waals surface area contributed by atoms with Crippen molar-refractivity contribution in [1.29, 1.82) is 0 Å². The van der Waals surface area contributed by atoms with Crippen molar-refractivity contribution in [2.45, 2.75) is 36.1 Å². The fourth-order valence-corrected chi connectivity index (χ4v) is 2.84. The molecule has 0 unspecified atom stereocenters. The first-order valence-corrected chi connectivity index (χ1v) is 7.43. The number of anilines is 1. The lowest BCUT2D eigenvalue weighted by Gasteiger charge is -2.22. The standard InChI is InChI=1S/C16H18ClNS/c1-16(2,3)18-13-7-9-14(10-8-13)19-15-6-4-5-12(17)11-15/h4-11,18H,1-3H3. The van der Waals surface area contributed by atoms with Crippen LogP contribution in [0.5, 0.6) is 0 Å². The predicted molar refractivity (Wildman–Crippen MR) is 85.4 cm³/mol. The van der Waals surface area contributed by atoms with Crippen molar-refractivity contribution in [2.24, 2.45) is 0 Å². The molecule has 0 aliphatic heterocycles. The van der Waals surface area contributed by atoms with Gasteiger partial charge in [-0.15, -0.1) is 0 Å². The second-order valence-corrected chi connectivity index (χ2v) is 7.04. The first kappa shape index (κ1) is 14.3. The highest BCUT2D eigenvalue weighted by Gasteiger charge is 2.08. The summed E-state index contributed by atoms with van der Waals surface area (Å²) in [6.07, 6.45) is 0. The molecule has 3 heteroatoms. The summed E-state index contributed by atoms with van der Waals surface area (Å²) in [4.78, 5) is 2.37. The lowest BCUT2D eigenvalue weighted by Crippen LogP contribution is -2.25. The predicted octanol–water partition coefficient (Wildman–Crippen LogP) is 5.70. The molecule has 100 valence electrons. The molecule has 1 nitrogen and oxygen atoms in total. The van der Waals surface area contributed by atoms with Gasteiger partial charge in [0.1, 0.15) is 0 Å². The number of halogens is 1. The molecule has 0 fully saturated rings. The van der Waals surface area contributed by atoms with E-state index in [1.165, 1.54) is 4.90 Å². The van der Waals surface area contributed by atoms with Crippen molar-refractivity contribution >= 4 is 29.1 Å². The SMILES string of the molecule is CC(C)(C)Nc1ccc(Sc2cccc(Cl)c2)cc1. The molecule has 1 N–H and O–H groups in total. The molecule has 0 spiro atoms. The van der Waals surface area contributed by atoms with Crippen LogP contribution in [-0.4, -0.2) is 5.54 Å². The quantitative estimate of drug-likeness (QED) is 0.778. The summed E-state index contributed by atoms with van der Waals surface area (Å²) in [5, 5.41) is 4.23. The third-order valence-corrected chi connectivity index (χ3v) is 3.64. The Bertz CT molecular complexity index is 543. The molecule has 0 amide bonds. The van der Waals surface area contributed by atoms with E-state index in [9.17, 15) is 0 Å². The van der Waals surface area contributed by atoms with Crippen molar-refractivity contribution in [3.05, 3.63) is 53.6 Å². The van der Waals surface area contributed by atoms with E-state index in [1.54, 1.807) is 11.8 Å². The van der Waals surface area contributed by atoms with Crippen molar-refractivity contribution in [1.82, 2.24) is 0 Å². The van der Waals surface area contributed by atoms with E-state index in [4.69, 9.17) is 11.6 Å². The summed E-state index contributed by atoms with van der Waals surface area (Å²) in [5.41, 5.74) is 1.23. The van der Waals surface area contributed by atoms with Crippen LogP contribution >= 0.6 is 23.4 Å². The summed E-state index contributed by atoms with van der Waals surface area (Å²) < 4.78 is 0. The molecule has 2 rings (SSSR count). The number of hydrogen-bond acceptors (Lipinski definition) is 2. The van der Waals surface area contributed by atoms with Crippen LogP contribution in [0.3, 0.4) is 0 Å². The fraction of sp³-hybridized carbons (Fsp3) is 0.250. The Balaban J connectivity index is 2.07. The Morgan fingerprint density at radius 3 is 2.21 bits per heavy atom. The second kappa shape index (κ2) is 5.89. The summed E-state index contributed by atoms with van der Waals surface area (Å²) in [6.45, 7) is 6.46. The second-order valence-electron chi connectivity index (χ2n) is 5.46. The molecule has 0 atom stereocenters. The molecular weight excluding hydrogens is 274 g/mol. The van der Waals surface area contributed by atoms with Crippen LogP contribution < -0.4 is 5.32 Å². The first-order chi connectivity index (χ1) is 8.92. The van der Waals surface area contributed by atoms with Gasteiger partial charge in [-0.3, -0.25) is 0 Å². The van der Waals surface area contributed by atoms with Crippen LogP contribution in [0, 0.1) is 0 Å². The van der Waals surface area contributed by atoms with Gasteiger partial charge in [0.2, 0.25) is 0 Å². The highest BCUT2D eigenvalue weighted by atomic mass is 35.5. The van der Waals surface area contributed by atoms with Crippen LogP contribution in [0.25, 0.3) is 0 Å². The largest absolute Gasteiger partial charge is 0.380 e. The summed E-state index contributed by atoms with van der Waals surface area (Å²) in [6, 6.07) is 16.4. The van der Waals surface area contributed by atoms with Gasteiger partial charge >= 0.3 is 0 Å². The average molecular weight is 292 g/mol. The number of benzene rings is 2. The molecule has 2 aromatic carbocycles. The maximum Gasteiger partial charge on any atom is 0.0417 e. The maximum absolute atomic E-state index is 5.99. The Labute approximate surface area is 124 Å². The molecule has 19 heavy (non-hydrogen) atoms. The molecule has 0 radical (unpaired) electrons. The topological polar surface area (TPSA) is 12.0 Å². The van der Waals surface area contributed by atoms with E-state index in [-0.39, 0.29) is 5.54 Å². The minimum Gasteiger partial charge on any atom is -0.380 e. The highest BCUT2D eigenvalue weighted by Crippen LogP contribution is 2.30. The number of hydrogen-bond donors (Lipinski definition) is 1.